The van der Waals surface area contributed by atoms with Gasteiger partial charge in [0.05, 0.1) is 0 Å². The van der Waals surface area contributed by atoms with Gasteiger partial charge in [0.2, 0.25) is 0 Å². The molecule has 0 radical (unpaired) electrons. The van der Waals surface area contributed by atoms with Gasteiger partial charge in [-0.05, 0) is 18.8 Å². The van der Waals surface area contributed by atoms with Crippen LogP contribution in [0.25, 0.3) is 0 Å². The molecule has 0 amide bonds. The average Bonchev–Trinajstić information content (AvgIpc) is 1.77. The number of hydrogen-bond donors (Lipinski definition) is 0. The lowest BCUT2D eigenvalue weighted by Crippen LogP contribution is -2.15. The molecule has 0 aromatic carbocycles. The van der Waals surface area contributed by atoms with Crippen molar-refractivity contribution in [1.29, 1.82) is 0 Å². The maximum atomic E-state index is 5.97. The second-order valence-electron chi connectivity index (χ2n) is 2.78. The smallest absolute Gasteiger partial charge is 0.0361 e. The third kappa shape index (κ3) is 1.38. The molecule has 0 saturated heterocycles. The van der Waals surface area contributed by atoms with E-state index in [0.29, 0.717) is 5.38 Å². The highest BCUT2D eigenvalue weighted by Gasteiger charge is 2.17. The van der Waals surface area contributed by atoms with E-state index in [-0.39, 0.29) is 0 Å². The van der Waals surface area contributed by atoms with Crippen molar-refractivity contribution in [2.75, 3.05) is 0 Å². The first-order valence-corrected chi connectivity index (χ1v) is 3.88. The topological polar surface area (TPSA) is 0 Å². The highest BCUT2D eigenvalue weighted by molar-refractivity contribution is 6.20. The fourth-order valence-electron chi connectivity index (χ4n) is 1.27. The lowest BCUT2D eigenvalue weighted by Gasteiger charge is -2.22. The van der Waals surface area contributed by atoms with Gasteiger partial charge in [-0.2, -0.15) is 0 Å². The minimum Gasteiger partial charge on any atom is -0.123 e. The molecule has 0 nitrogen and oxygen atoms in total. The Labute approximate surface area is 56.2 Å². The van der Waals surface area contributed by atoms with E-state index in [1.165, 1.54) is 25.7 Å². The molecular formula is C7H13Cl. The zero-order valence-electron chi connectivity index (χ0n) is 5.36. The number of halogens is 1. The normalized spacial score (nSPS) is 39.8. The van der Waals surface area contributed by atoms with Gasteiger partial charge in [0.1, 0.15) is 0 Å². The molecule has 8 heavy (non-hydrogen) atoms. The van der Waals surface area contributed by atoms with Crippen molar-refractivity contribution >= 4 is 11.6 Å². The van der Waals surface area contributed by atoms with E-state index in [2.05, 4.69) is 6.92 Å². The van der Waals surface area contributed by atoms with Crippen LogP contribution in [0.5, 0.6) is 0 Å². The second kappa shape index (κ2) is 2.72. The fourth-order valence-corrected chi connectivity index (χ4v) is 1.55. The Hall–Kier alpha value is 0.290. The SMILES string of the molecule is CC1CCCC[C@@H]1Cl. The van der Waals surface area contributed by atoms with Gasteiger partial charge in [-0.3, -0.25) is 0 Å². The van der Waals surface area contributed by atoms with Crippen molar-refractivity contribution in [3.05, 3.63) is 0 Å². The molecule has 0 aromatic rings. The van der Waals surface area contributed by atoms with Crippen LogP contribution in [0.3, 0.4) is 0 Å². The molecule has 1 heteroatoms. The molecule has 1 rings (SSSR count). The first kappa shape index (κ1) is 6.41. The average molecular weight is 133 g/mol. The lowest BCUT2D eigenvalue weighted by molar-refractivity contribution is 0.392. The van der Waals surface area contributed by atoms with Crippen LogP contribution in [0.1, 0.15) is 32.6 Å². The van der Waals surface area contributed by atoms with Crippen molar-refractivity contribution in [2.45, 2.75) is 38.0 Å². The Morgan fingerprint density at radius 2 is 1.88 bits per heavy atom. The number of alkyl halides is 1. The molecule has 2 atom stereocenters. The first-order chi connectivity index (χ1) is 3.80. The van der Waals surface area contributed by atoms with Crippen LogP contribution in [-0.4, -0.2) is 5.38 Å². The van der Waals surface area contributed by atoms with Gasteiger partial charge in [0, 0.05) is 5.38 Å². The van der Waals surface area contributed by atoms with Crippen LogP contribution >= 0.6 is 11.6 Å². The van der Waals surface area contributed by atoms with Gasteiger partial charge < -0.3 is 0 Å². The van der Waals surface area contributed by atoms with Crippen LogP contribution in [-0.2, 0) is 0 Å². The van der Waals surface area contributed by atoms with Gasteiger partial charge >= 0.3 is 0 Å². The fraction of sp³-hybridized carbons (Fsp3) is 1.00. The number of hydrogen-bond acceptors (Lipinski definition) is 0. The van der Waals surface area contributed by atoms with Crippen LogP contribution in [0.4, 0.5) is 0 Å². The summed E-state index contributed by atoms with van der Waals surface area (Å²) in [5, 5.41) is 0.476. The van der Waals surface area contributed by atoms with Gasteiger partial charge in [-0.1, -0.05) is 19.8 Å². The predicted octanol–water partition coefficient (Wildman–Crippen LogP) is 2.80. The zero-order chi connectivity index (χ0) is 5.98. The summed E-state index contributed by atoms with van der Waals surface area (Å²) in [7, 11) is 0. The van der Waals surface area contributed by atoms with E-state index >= 15 is 0 Å². The Kier molecular flexibility index (Phi) is 2.18. The Morgan fingerprint density at radius 1 is 1.25 bits per heavy atom. The van der Waals surface area contributed by atoms with Crippen molar-refractivity contribution in [3.8, 4) is 0 Å². The highest BCUT2D eigenvalue weighted by Crippen LogP contribution is 2.27. The Bertz CT molecular complexity index is 60.8. The first-order valence-electron chi connectivity index (χ1n) is 3.45. The van der Waals surface area contributed by atoms with E-state index in [1.54, 1.807) is 0 Å². The molecule has 1 unspecified atom stereocenters. The number of rotatable bonds is 0. The largest absolute Gasteiger partial charge is 0.123 e. The maximum absolute atomic E-state index is 5.97. The molecule has 0 bridgehead atoms. The Morgan fingerprint density at radius 3 is 2.25 bits per heavy atom. The van der Waals surface area contributed by atoms with E-state index in [1.807, 2.05) is 0 Å². The third-order valence-corrected chi connectivity index (χ3v) is 2.66. The summed E-state index contributed by atoms with van der Waals surface area (Å²) in [6, 6.07) is 0. The molecule has 1 aliphatic carbocycles. The van der Waals surface area contributed by atoms with Gasteiger partial charge in [-0.15, -0.1) is 11.6 Å². The third-order valence-electron chi connectivity index (χ3n) is 2.01. The van der Waals surface area contributed by atoms with Crippen LogP contribution in [0, 0.1) is 5.92 Å². The molecule has 0 aromatic heterocycles. The Balaban J connectivity index is 2.28. The lowest BCUT2D eigenvalue weighted by atomic mass is 9.90. The molecule has 0 N–H and O–H groups in total. The highest BCUT2D eigenvalue weighted by atomic mass is 35.5. The second-order valence-corrected chi connectivity index (χ2v) is 3.34. The molecule has 48 valence electrons. The molecule has 0 spiro atoms. The zero-order valence-corrected chi connectivity index (χ0v) is 6.12. The summed E-state index contributed by atoms with van der Waals surface area (Å²) in [4.78, 5) is 0. The van der Waals surface area contributed by atoms with Crippen molar-refractivity contribution in [3.63, 3.8) is 0 Å². The summed E-state index contributed by atoms with van der Waals surface area (Å²) in [5.74, 6) is 0.769. The van der Waals surface area contributed by atoms with E-state index < -0.39 is 0 Å². The van der Waals surface area contributed by atoms with Crippen molar-refractivity contribution in [1.82, 2.24) is 0 Å². The van der Waals surface area contributed by atoms with Crippen LogP contribution in [0.2, 0.25) is 0 Å². The van der Waals surface area contributed by atoms with Crippen molar-refractivity contribution < 1.29 is 0 Å². The molecule has 0 heterocycles. The van der Waals surface area contributed by atoms with E-state index in [9.17, 15) is 0 Å². The van der Waals surface area contributed by atoms with Gasteiger partial charge in [0.25, 0.3) is 0 Å². The minimum atomic E-state index is 0.476. The van der Waals surface area contributed by atoms with E-state index in [0.717, 1.165) is 5.92 Å². The van der Waals surface area contributed by atoms with Gasteiger partial charge in [0.15, 0.2) is 0 Å². The molecule has 0 aliphatic heterocycles. The standard InChI is InChI=1S/C7H13Cl/c1-6-4-2-3-5-7(6)8/h6-7H,2-5H2,1H3/t6?,7-/m0/s1. The van der Waals surface area contributed by atoms with Gasteiger partial charge in [-0.25, -0.2) is 0 Å². The molecule has 1 fully saturated rings. The molecule has 1 saturated carbocycles. The monoisotopic (exact) mass is 132 g/mol. The van der Waals surface area contributed by atoms with E-state index in [4.69, 9.17) is 11.6 Å². The molecular weight excluding hydrogens is 120 g/mol. The van der Waals surface area contributed by atoms with Crippen molar-refractivity contribution in [2.24, 2.45) is 5.92 Å². The summed E-state index contributed by atoms with van der Waals surface area (Å²) >= 11 is 5.97. The molecule has 1 aliphatic rings. The maximum Gasteiger partial charge on any atom is 0.0361 e. The summed E-state index contributed by atoms with van der Waals surface area (Å²) < 4.78 is 0. The van der Waals surface area contributed by atoms with Crippen LogP contribution in [0.15, 0.2) is 0 Å². The predicted molar refractivity (Wildman–Crippen MR) is 37.3 cm³/mol. The van der Waals surface area contributed by atoms with Crippen LogP contribution < -0.4 is 0 Å². The minimum absolute atomic E-state index is 0.476. The quantitative estimate of drug-likeness (QED) is 0.445. The summed E-state index contributed by atoms with van der Waals surface area (Å²) in [6.07, 6.45) is 5.32. The summed E-state index contributed by atoms with van der Waals surface area (Å²) in [5.41, 5.74) is 0. The summed E-state index contributed by atoms with van der Waals surface area (Å²) in [6.45, 7) is 2.25.